The van der Waals surface area contributed by atoms with Crippen LogP contribution >= 0.6 is 22.9 Å². The Balaban J connectivity index is 1.66. The number of urea groups is 1. The van der Waals surface area contributed by atoms with Gasteiger partial charge in [0.25, 0.3) is 0 Å². The number of rotatable bonds is 5. The zero-order valence-corrected chi connectivity index (χ0v) is 14.4. The maximum atomic E-state index is 12.5. The largest absolute Gasteiger partial charge is 0.335 e. The smallest absolute Gasteiger partial charge is 0.283 e. The zero-order chi connectivity index (χ0) is 16.6. The van der Waals surface area contributed by atoms with E-state index >= 15 is 0 Å². The highest BCUT2D eigenvalue weighted by Gasteiger charge is 2.48. The van der Waals surface area contributed by atoms with Crippen molar-refractivity contribution in [1.82, 2.24) is 14.7 Å². The molecule has 1 aliphatic carbocycles. The number of hydrogen-bond donors (Lipinski definition) is 0. The van der Waals surface area contributed by atoms with Gasteiger partial charge in [-0.05, 0) is 32.0 Å². The van der Waals surface area contributed by atoms with Gasteiger partial charge in [-0.3, -0.25) is 19.4 Å². The molecule has 2 fully saturated rings. The van der Waals surface area contributed by atoms with Crippen LogP contribution < -0.4 is 0 Å². The summed E-state index contributed by atoms with van der Waals surface area (Å²) in [4.78, 5) is 41.8. The van der Waals surface area contributed by atoms with Crippen LogP contribution in [-0.4, -0.2) is 52.3 Å². The highest BCUT2D eigenvalue weighted by Crippen LogP contribution is 2.28. The SMILES string of the molecule is CN(Cc1ccc(Cl)s1)CN1C(=O)C(=O)N(C2CCCC2)C1=O. The Morgan fingerprint density at radius 1 is 1.22 bits per heavy atom. The van der Waals surface area contributed by atoms with E-state index in [-0.39, 0.29) is 12.7 Å². The molecule has 0 aromatic carbocycles. The van der Waals surface area contributed by atoms with Crippen LogP contribution in [-0.2, 0) is 16.1 Å². The lowest BCUT2D eigenvalue weighted by atomic mass is 10.2. The highest BCUT2D eigenvalue weighted by molar-refractivity contribution is 7.16. The molecular formula is C15H18ClN3O3S. The van der Waals surface area contributed by atoms with E-state index in [1.165, 1.54) is 11.3 Å². The van der Waals surface area contributed by atoms with Gasteiger partial charge in [-0.25, -0.2) is 9.69 Å². The second kappa shape index (κ2) is 6.59. The summed E-state index contributed by atoms with van der Waals surface area (Å²) in [7, 11) is 1.80. The fourth-order valence-electron chi connectivity index (χ4n) is 3.13. The standard InChI is InChI=1S/C15H18ClN3O3S/c1-17(8-11-6-7-12(16)23-11)9-18-13(20)14(21)19(15(18)22)10-4-2-3-5-10/h6-7,10H,2-5,8-9H2,1H3. The second-order valence-electron chi connectivity index (χ2n) is 5.99. The summed E-state index contributed by atoms with van der Waals surface area (Å²) in [6, 6.07) is 3.12. The minimum absolute atomic E-state index is 0.0994. The summed E-state index contributed by atoms with van der Waals surface area (Å²) in [5.74, 6) is -1.41. The molecule has 0 atom stereocenters. The van der Waals surface area contributed by atoms with Crippen LogP contribution in [0.5, 0.6) is 0 Å². The maximum absolute atomic E-state index is 12.5. The van der Waals surface area contributed by atoms with Gasteiger partial charge in [0.05, 0.1) is 11.0 Å². The van der Waals surface area contributed by atoms with Crippen LogP contribution in [0.4, 0.5) is 4.79 Å². The molecule has 1 saturated heterocycles. The number of imide groups is 2. The summed E-state index contributed by atoms with van der Waals surface area (Å²) in [6.07, 6.45) is 3.58. The Labute approximate surface area is 143 Å². The van der Waals surface area contributed by atoms with Gasteiger partial charge < -0.3 is 0 Å². The summed E-state index contributed by atoms with van der Waals surface area (Å²) < 4.78 is 0.698. The molecule has 1 aromatic rings. The third-order valence-electron chi connectivity index (χ3n) is 4.21. The van der Waals surface area contributed by atoms with Gasteiger partial charge in [0, 0.05) is 17.5 Å². The fourth-order valence-corrected chi connectivity index (χ4v) is 4.29. The maximum Gasteiger partial charge on any atom is 0.335 e. The number of carbonyl (C=O) groups is 3. The van der Waals surface area contributed by atoms with Crippen molar-refractivity contribution in [1.29, 1.82) is 0 Å². The topological polar surface area (TPSA) is 60.9 Å². The van der Waals surface area contributed by atoms with Gasteiger partial charge in [0.2, 0.25) is 0 Å². The molecule has 0 bridgehead atoms. The predicted octanol–water partition coefficient (Wildman–Crippen LogP) is 2.52. The van der Waals surface area contributed by atoms with Gasteiger partial charge in [0.1, 0.15) is 0 Å². The van der Waals surface area contributed by atoms with Crippen molar-refractivity contribution >= 4 is 40.8 Å². The Hall–Kier alpha value is -1.44. The van der Waals surface area contributed by atoms with E-state index in [9.17, 15) is 14.4 Å². The highest BCUT2D eigenvalue weighted by atomic mass is 35.5. The van der Waals surface area contributed by atoms with Gasteiger partial charge >= 0.3 is 17.8 Å². The van der Waals surface area contributed by atoms with Crippen LogP contribution in [0.2, 0.25) is 4.34 Å². The van der Waals surface area contributed by atoms with E-state index in [2.05, 4.69) is 0 Å². The molecule has 1 aliphatic heterocycles. The summed E-state index contributed by atoms with van der Waals surface area (Å²) >= 11 is 7.36. The van der Waals surface area contributed by atoms with Gasteiger partial charge in [-0.2, -0.15) is 0 Å². The minimum Gasteiger partial charge on any atom is -0.283 e. The minimum atomic E-state index is -0.724. The lowest BCUT2D eigenvalue weighted by Gasteiger charge is -2.24. The summed E-state index contributed by atoms with van der Waals surface area (Å²) in [5, 5.41) is 0. The molecule has 6 nitrogen and oxygen atoms in total. The lowest BCUT2D eigenvalue weighted by molar-refractivity contribution is -0.144. The summed E-state index contributed by atoms with van der Waals surface area (Å²) in [5.41, 5.74) is 0. The fraction of sp³-hybridized carbons (Fsp3) is 0.533. The molecule has 1 aromatic heterocycles. The molecule has 0 spiro atoms. The Morgan fingerprint density at radius 2 is 1.91 bits per heavy atom. The molecular weight excluding hydrogens is 338 g/mol. The molecule has 1 saturated carbocycles. The molecule has 0 radical (unpaired) electrons. The molecule has 23 heavy (non-hydrogen) atoms. The number of carbonyl (C=O) groups excluding carboxylic acids is 3. The van der Waals surface area contributed by atoms with Crippen LogP contribution in [0.3, 0.4) is 0 Å². The number of halogens is 1. The third kappa shape index (κ3) is 3.27. The van der Waals surface area contributed by atoms with Gasteiger partial charge in [-0.15, -0.1) is 11.3 Å². The molecule has 8 heteroatoms. The van der Waals surface area contributed by atoms with E-state index in [1.54, 1.807) is 7.05 Å². The van der Waals surface area contributed by atoms with Gasteiger partial charge in [-0.1, -0.05) is 24.4 Å². The average molecular weight is 356 g/mol. The normalized spacial score (nSPS) is 19.7. The molecule has 124 valence electrons. The lowest BCUT2D eigenvalue weighted by Crippen LogP contribution is -2.42. The van der Waals surface area contributed by atoms with E-state index in [1.807, 2.05) is 17.0 Å². The molecule has 0 unspecified atom stereocenters. The Kier molecular flexibility index (Phi) is 4.70. The molecule has 2 aliphatic rings. The van der Waals surface area contributed by atoms with Crippen molar-refractivity contribution in [2.24, 2.45) is 0 Å². The van der Waals surface area contributed by atoms with Crippen molar-refractivity contribution in [3.63, 3.8) is 0 Å². The van der Waals surface area contributed by atoms with Crippen molar-refractivity contribution < 1.29 is 14.4 Å². The van der Waals surface area contributed by atoms with Crippen LogP contribution in [0.15, 0.2) is 12.1 Å². The van der Waals surface area contributed by atoms with E-state index in [4.69, 9.17) is 11.6 Å². The van der Waals surface area contributed by atoms with Crippen LogP contribution in [0.25, 0.3) is 0 Å². The molecule has 0 N–H and O–H groups in total. The number of amides is 4. The first-order valence-corrected chi connectivity index (χ1v) is 8.78. The van der Waals surface area contributed by atoms with Crippen molar-refractivity contribution in [3.05, 3.63) is 21.3 Å². The first kappa shape index (κ1) is 16.4. The third-order valence-corrected chi connectivity index (χ3v) is 5.43. The quantitative estimate of drug-likeness (QED) is 0.601. The predicted molar refractivity (Wildman–Crippen MR) is 87.0 cm³/mol. The van der Waals surface area contributed by atoms with Crippen molar-refractivity contribution in [3.8, 4) is 0 Å². The molecule has 4 amide bonds. The molecule has 2 heterocycles. The second-order valence-corrected chi connectivity index (χ2v) is 7.79. The zero-order valence-electron chi connectivity index (χ0n) is 12.8. The molecule has 3 rings (SSSR count). The Bertz CT molecular complexity index is 642. The summed E-state index contributed by atoms with van der Waals surface area (Å²) in [6.45, 7) is 0.661. The Morgan fingerprint density at radius 3 is 2.52 bits per heavy atom. The van der Waals surface area contributed by atoms with Crippen LogP contribution in [0, 0.1) is 0 Å². The number of nitrogens with zero attached hydrogens (tertiary/aromatic N) is 3. The van der Waals surface area contributed by atoms with E-state index in [0.29, 0.717) is 10.9 Å². The van der Waals surface area contributed by atoms with Crippen molar-refractivity contribution in [2.45, 2.75) is 38.3 Å². The first-order valence-electron chi connectivity index (χ1n) is 7.59. The van der Waals surface area contributed by atoms with Crippen molar-refractivity contribution in [2.75, 3.05) is 13.7 Å². The average Bonchev–Trinajstić information content (AvgIpc) is 3.19. The van der Waals surface area contributed by atoms with E-state index in [0.717, 1.165) is 40.4 Å². The number of thiophene rings is 1. The first-order chi connectivity index (χ1) is 11.0. The van der Waals surface area contributed by atoms with Gasteiger partial charge in [0.15, 0.2) is 0 Å². The van der Waals surface area contributed by atoms with Crippen LogP contribution in [0.1, 0.15) is 30.6 Å². The van der Waals surface area contributed by atoms with E-state index < -0.39 is 17.8 Å². The monoisotopic (exact) mass is 355 g/mol. The number of hydrogen-bond acceptors (Lipinski definition) is 5.